The van der Waals surface area contributed by atoms with E-state index in [0.29, 0.717) is 0 Å². The first-order valence-corrected chi connectivity index (χ1v) is 6.89. The van der Waals surface area contributed by atoms with Crippen LogP contribution in [0.4, 0.5) is 0 Å². The fraction of sp³-hybridized carbons (Fsp3) is 0.750. The molecule has 1 aromatic heterocycles. The van der Waals surface area contributed by atoms with Crippen molar-refractivity contribution in [3.8, 4) is 0 Å². The van der Waals surface area contributed by atoms with Crippen LogP contribution in [0.1, 0.15) is 17.1 Å². The average Bonchev–Trinajstić information content (AvgIpc) is 2.69. The Kier molecular flexibility index (Phi) is 7.35. The zero-order chi connectivity index (χ0) is 12.5. The second-order valence-electron chi connectivity index (χ2n) is 4.19. The number of aromatic nitrogens is 1. The van der Waals surface area contributed by atoms with E-state index in [1.165, 1.54) is 5.69 Å². The third-order valence-corrected chi connectivity index (χ3v) is 3.30. The Morgan fingerprint density at radius 2 is 2.29 bits per heavy atom. The van der Waals surface area contributed by atoms with Crippen molar-refractivity contribution in [2.45, 2.75) is 19.9 Å². The van der Waals surface area contributed by atoms with Gasteiger partial charge in [0.2, 0.25) is 0 Å². The van der Waals surface area contributed by atoms with Crippen LogP contribution in [-0.4, -0.2) is 50.3 Å². The third kappa shape index (κ3) is 6.73. The van der Waals surface area contributed by atoms with Crippen LogP contribution in [0.3, 0.4) is 0 Å². The maximum absolute atomic E-state index is 4.97. The number of rotatable bonds is 9. The van der Waals surface area contributed by atoms with E-state index in [1.807, 2.05) is 6.92 Å². The summed E-state index contributed by atoms with van der Waals surface area (Å²) < 4.78 is 4.97. The molecule has 0 aliphatic heterocycles. The smallest absolute Gasteiger partial charge is 0.0897 e. The molecule has 0 aliphatic rings. The highest BCUT2D eigenvalue weighted by Gasteiger charge is 2.02. The molecule has 0 saturated carbocycles. The SMILES string of the molecule is COCCNCCCN(C)Cc1csc(C)n1. The normalized spacial score (nSPS) is 11.3. The summed E-state index contributed by atoms with van der Waals surface area (Å²) in [7, 11) is 3.87. The summed E-state index contributed by atoms with van der Waals surface area (Å²) in [4.78, 5) is 6.78. The second kappa shape index (κ2) is 8.58. The number of ether oxygens (including phenoxy) is 1. The lowest BCUT2D eigenvalue weighted by atomic mass is 10.3. The van der Waals surface area contributed by atoms with Crippen molar-refractivity contribution in [2.24, 2.45) is 0 Å². The number of hydrogen-bond acceptors (Lipinski definition) is 5. The Morgan fingerprint density at radius 3 is 2.94 bits per heavy atom. The van der Waals surface area contributed by atoms with Gasteiger partial charge in [0.1, 0.15) is 0 Å². The van der Waals surface area contributed by atoms with Gasteiger partial charge in [0, 0.05) is 25.6 Å². The van der Waals surface area contributed by atoms with Gasteiger partial charge in [-0.15, -0.1) is 11.3 Å². The molecule has 98 valence electrons. The van der Waals surface area contributed by atoms with Crippen LogP contribution in [-0.2, 0) is 11.3 Å². The molecule has 1 N–H and O–H groups in total. The maximum atomic E-state index is 4.97. The molecule has 0 aliphatic carbocycles. The minimum Gasteiger partial charge on any atom is -0.383 e. The minimum absolute atomic E-state index is 0.786. The number of thiazole rings is 1. The Balaban J connectivity index is 2.03. The lowest BCUT2D eigenvalue weighted by molar-refractivity contribution is 0.198. The quantitative estimate of drug-likeness (QED) is 0.681. The van der Waals surface area contributed by atoms with Crippen LogP contribution in [0.25, 0.3) is 0 Å². The Morgan fingerprint density at radius 1 is 1.47 bits per heavy atom. The van der Waals surface area contributed by atoms with Gasteiger partial charge < -0.3 is 15.0 Å². The van der Waals surface area contributed by atoms with Crippen LogP contribution < -0.4 is 5.32 Å². The summed E-state index contributed by atoms with van der Waals surface area (Å²) in [6, 6.07) is 0. The lowest BCUT2D eigenvalue weighted by Gasteiger charge is -2.15. The molecule has 1 heterocycles. The number of aryl methyl sites for hydroxylation is 1. The Hall–Kier alpha value is -0.490. The highest BCUT2D eigenvalue weighted by molar-refractivity contribution is 7.09. The van der Waals surface area contributed by atoms with E-state index in [9.17, 15) is 0 Å². The van der Waals surface area contributed by atoms with Crippen molar-refractivity contribution in [3.63, 3.8) is 0 Å². The molecule has 1 aromatic rings. The first-order chi connectivity index (χ1) is 8.22. The predicted octanol–water partition coefficient (Wildman–Crippen LogP) is 1.51. The molecule has 0 aromatic carbocycles. The van der Waals surface area contributed by atoms with E-state index in [4.69, 9.17) is 4.74 Å². The molecule has 0 fully saturated rings. The first kappa shape index (κ1) is 14.6. The lowest BCUT2D eigenvalue weighted by Crippen LogP contribution is -2.25. The Bertz CT molecular complexity index is 304. The highest BCUT2D eigenvalue weighted by atomic mass is 32.1. The van der Waals surface area contributed by atoms with Crippen molar-refractivity contribution >= 4 is 11.3 Å². The number of hydrogen-bond donors (Lipinski definition) is 1. The summed E-state index contributed by atoms with van der Waals surface area (Å²) >= 11 is 1.72. The number of methoxy groups -OCH3 is 1. The van der Waals surface area contributed by atoms with Gasteiger partial charge in [-0.25, -0.2) is 4.98 Å². The molecule has 1 rings (SSSR count). The molecule has 0 radical (unpaired) electrons. The third-order valence-electron chi connectivity index (χ3n) is 2.47. The van der Waals surface area contributed by atoms with Gasteiger partial charge in [-0.3, -0.25) is 0 Å². The van der Waals surface area contributed by atoms with Crippen molar-refractivity contribution in [2.75, 3.05) is 40.4 Å². The summed E-state index contributed by atoms with van der Waals surface area (Å²) in [6.45, 7) is 6.86. The van der Waals surface area contributed by atoms with Gasteiger partial charge in [0.25, 0.3) is 0 Å². The van der Waals surface area contributed by atoms with Crippen molar-refractivity contribution in [1.82, 2.24) is 15.2 Å². The maximum Gasteiger partial charge on any atom is 0.0897 e. The van der Waals surface area contributed by atoms with Gasteiger partial charge in [-0.2, -0.15) is 0 Å². The van der Waals surface area contributed by atoms with Crippen LogP contribution >= 0.6 is 11.3 Å². The van der Waals surface area contributed by atoms with Gasteiger partial charge in [0.15, 0.2) is 0 Å². The predicted molar refractivity (Wildman–Crippen MR) is 72.5 cm³/mol. The molecule has 0 unspecified atom stereocenters. The Labute approximate surface area is 108 Å². The van der Waals surface area contributed by atoms with Crippen molar-refractivity contribution < 1.29 is 4.74 Å². The van der Waals surface area contributed by atoms with E-state index in [1.54, 1.807) is 18.4 Å². The molecule has 0 amide bonds. The largest absolute Gasteiger partial charge is 0.383 e. The molecule has 4 nitrogen and oxygen atoms in total. The monoisotopic (exact) mass is 257 g/mol. The molecule has 17 heavy (non-hydrogen) atoms. The van der Waals surface area contributed by atoms with Gasteiger partial charge in [-0.05, 0) is 33.5 Å². The van der Waals surface area contributed by atoms with Crippen LogP contribution in [0.2, 0.25) is 0 Å². The van der Waals surface area contributed by atoms with Gasteiger partial charge in [-0.1, -0.05) is 0 Å². The number of nitrogens with one attached hydrogen (secondary N) is 1. The fourth-order valence-corrected chi connectivity index (χ4v) is 2.21. The molecular weight excluding hydrogens is 234 g/mol. The fourth-order valence-electron chi connectivity index (χ4n) is 1.61. The van der Waals surface area contributed by atoms with E-state index in [0.717, 1.165) is 44.2 Å². The first-order valence-electron chi connectivity index (χ1n) is 6.01. The summed E-state index contributed by atoms with van der Waals surface area (Å²) in [5.74, 6) is 0. The zero-order valence-corrected chi connectivity index (χ0v) is 11.8. The van der Waals surface area contributed by atoms with E-state index >= 15 is 0 Å². The highest BCUT2D eigenvalue weighted by Crippen LogP contribution is 2.09. The standard InChI is InChI=1S/C12H23N3OS/c1-11-14-12(10-17-11)9-15(2)7-4-5-13-6-8-16-3/h10,13H,4-9H2,1-3H3. The topological polar surface area (TPSA) is 37.4 Å². The van der Waals surface area contributed by atoms with Crippen LogP contribution in [0.5, 0.6) is 0 Å². The van der Waals surface area contributed by atoms with Crippen molar-refractivity contribution in [1.29, 1.82) is 0 Å². The molecule has 0 saturated heterocycles. The molecule has 0 bridgehead atoms. The van der Waals surface area contributed by atoms with Crippen molar-refractivity contribution in [3.05, 3.63) is 16.1 Å². The van der Waals surface area contributed by atoms with Gasteiger partial charge in [0.05, 0.1) is 17.3 Å². The van der Waals surface area contributed by atoms with Crippen LogP contribution in [0, 0.1) is 6.92 Å². The second-order valence-corrected chi connectivity index (χ2v) is 5.25. The van der Waals surface area contributed by atoms with E-state index in [2.05, 4.69) is 27.6 Å². The van der Waals surface area contributed by atoms with Gasteiger partial charge >= 0.3 is 0 Å². The average molecular weight is 257 g/mol. The van der Waals surface area contributed by atoms with E-state index in [-0.39, 0.29) is 0 Å². The molecule has 5 heteroatoms. The molecule has 0 atom stereocenters. The summed E-state index contributed by atoms with van der Waals surface area (Å²) in [5.41, 5.74) is 1.18. The summed E-state index contributed by atoms with van der Waals surface area (Å²) in [5, 5.41) is 6.63. The van der Waals surface area contributed by atoms with Crippen LogP contribution in [0.15, 0.2) is 5.38 Å². The molecular formula is C12H23N3OS. The molecule has 0 spiro atoms. The zero-order valence-electron chi connectivity index (χ0n) is 11.0. The summed E-state index contributed by atoms with van der Waals surface area (Å²) in [6.07, 6.45) is 1.16. The van der Waals surface area contributed by atoms with E-state index < -0.39 is 0 Å². The number of nitrogens with zero attached hydrogens (tertiary/aromatic N) is 2. The minimum atomic E-state index is 0.786.